The van der Waals surface area contributed by atoms with Crippen molar-refractivity contribution in [3.63, 3.8) is 0 Å². The van der Waals surface area contributed by atoms with Crippen molar-refractivity contribution >= 4 is 46.6 Å². The fourth-order valence-electron chi connectivity index (χ4n) is 4.49. The van der Waals surface area contributed by atoms with Gasteiger partial charge in [-0.1, -0.05) is 41.6 Å². The van der Waals surface area contributed by atoms with E-state index in [1.165, 1.54) is 18.7 Å². The van der Waals surface area contributed by atoms with Crippen LogP contribution in [0.4, 0.5) is 17.5 Å². The topological polar surface area (TPSA) is 146 Å². The minimum Gasteiger partial charge on any atom is -0.485 e. The van der Waals surface area contributed by atoms with Gasteiger partial charge in [0.15, 0.2) is 17.4 Å². The van der Waals surface area contributed by atoms with E-state index in [-0.39, 0.29) is 29.2 Å². The number of rotatable bonds is 4. The molecule has 176 valence electrons. The molecule has 1 saturated heterocycles. The summed E-state index contributed by atoms with van der Waals surface area (Å²) in [6.45, 7) is 2.68. The second kappa shape index (κ2) is 8.61. The number of anilines is 3. The van der Waals surface area contributed by atoms with Crippen LogP contribution in [0, 0.1) is 0 Å². The number of fused-ring (bicyclic) bond motifs is 1. The van der Waals surface area contributed by atoms with Crippen LogP contribution in [0.2, 0.25) is 5.02 Å². The molecule has 1 fully saturated rings. The first-order valence-electron chi connectivity index (χ1n) is 10.8. The highest BCUT2D eigenvalue weighted by molar-refractivity contribution is 7.99. The number of piperidine rings is 1. The molecule has 34 heavy (non-hydrogen) atoms. The van der Waals surface area contributed by atoms with E-state index in [9.17, 15) is 4.79 Å². The van der Waals surface area contributed by atoms with Crippen LogP contribution in [0.5, 0.6) is 5.75 Å². The number of benzene rings is 1. The maximum absolute atomic E-state index is 12.5. The molecular formula is C23H24ClN7O2S. The lowest BCUT2D eigenvalue weighted by Gasteiger charge is -2.41. The van der Waals surface area contributed by atoms with Crippen molar-refractivity contribution < 1.29 is 9.53 Å². The highest BCUT2D eigenvalue weighted by Gasteiger charge is 2.48. The first-order valence-corrected chi connectivity index (χ1v) is 12.0. The van der Waals surface area contributed by atoms with Gasteiger partial charge in [-0.15, -0.1) is 0 Å². The molecule has 0 amide bonds. The maximum Gasteiger partial charge on any atom is 0.181 e. The summed E-state index contributed by atoms with van der Waals surface area (Å²) in [4.78, 5) is 28.3. The molecule has 11 heteroatoms. The number of aromatic nitrogens is 3. The van der Waals surface area contributed by atoms with Gasteiger partial charge >= 0.3 is 0 Å². The number of nitrogens with two attached hydrogens (primary N) is 3. The number of hydrogen-bond acceptors (Lipinski definition) is 10. The molecule has 0 saturated carbocycles. The number of pyridine rings is 1. The number of ether oxygens (including phenoxy) is 1. The molecule has 2 aliphatic heterocycles. The normalized spacial score (nSPS) is 18.6. The van der Waals surface area contributed by atoms with Gasteiger partial charge in [-0.3, -0.25) is 4.79 Å². The Morgan fingerprint density at radius 1 is 1.18 bits per heavy atom. The number of para-hydroxylation sites is 1. The van der Waals surface area contributed by atoms with Crippen molar-refractivity contribution in [3.8, 4) is 5.75 Å². The summed E-state index contributed by atoms with van der Waals surface area (Å²) in [7, 11) is 0. The molecule has 6 N–H and O–H groups in total. The van der Waals surface area contributed by atoms with Gasteiger partial charge in [0.05, 0.1) is 11.1 Å². The quantitative estimate of drug-likeness (QED) is 0.457. The van der Waals surface area contributed by atoms with Crippen LogP contribution >= 0.6 is 23.4 Å². The second-order valence-electron chi connectivity index (χ2n) is 8.42. The van der Waals surface area contributed by atoms with Crippen LogP contribution in [0.1, 0.15) is 41.9 Å². The highest BCUT2D eigenvalue weighted by Crippen LogP contribution is 2.47. The number of hydrogen-bond donors (Lipinski definition) is 3. The third-order valence-corrected chi connectivity index (χ3v) is 7.90. The van der Waals surface area contributed by atoms with Crippen LogP contribution in [-0.2, 0) is 0 Å². The van der Waals surface area contributed by atoms with Gasteiger partial charge < -0.3 is 26.8 Å². The minimum absolute atomic E-state index is 0.203. The lowest BCUT2D eigenvalue weighted by atomic mass is 9.83. The summed E-state index contributed by atoms with van der Waals surface area (Å²) in [5.41, 5.74) is 19.5. The van der Waals surface area contributed by atoms with Crippen LogP contribution in [-0.4, -0.2) is 39.4 Å². The molecule has 1 spiro atoms. The lowest BCUT2D eigenvalue weighted by molar-refractivity contribution is 0.0430. The zero-order chi connectivity index (χ0) is 24.0. The average Bonchev–Trinajstić information content (AvgIpc) is 3.09. The number of carbonyl (C=O) groups excluding carboxylic acids is 1. The maximum atomic E-state index is 12.5. The summed E-state index contributed by atoms with van der Waals surface area (Å²) in [5, 5.41) is 0.684. The predicted molar refractivity (Wildman–Crippen MR) is 132 cm³/mol. The molecule has 1 aromatic carbocycles. The van der Waals surface area contributed by atoms with Crippen molar-refractivity contribution in [2.24, 2.45) is 5.73 Å². The molecular weight excluding hydrogens is 474 g/mol. The van der Waals surface area contributed by atoms with Crippen LogP contribution in [0.3, 0.4) is 0 Å². The van der Waals surface area contributed by atoms with Crippen molar-refractivity contribution in [3.05, 3.63) is 52.8 Å². The molecule has 4 heterocycles. The van der Waals surface area contributed by atoms with Crippen molar-refractivity contribution in [2.45, 2.75) is 41.3 Å². The summed E-state index contributed by atoms with van der Waals surface area (Å²) >= 11 is 7.45. The Labute approximate surface area is 206 Å². The van der Waals surface area contributed by atoms with E-state index < -0.39 is 5.60 Å². The monoisotopic (exact) mass is 497 g/mol. The zero-order valence-corrected chi connectivity index (χ0v) is 20.1. The largest absolute Gasteiger partial charge is 0.485 e. The van der Waals surface area contributed by atoms with E-state index in [0.717, 1.165) is 11.3 Å². The van der Waals surface area contributed by atoms with Gasteiger partial charge in [0.25, 0.3) is 0 Å². The molecule has 9 nitrogen and oxygen atoms in total. The van der Waals surface area contributed by atoms with Crippen molar-refractivity contribution in [1.82, 2.24) is 15.0 Å². The third kappa shape index (κ3) is 3.81. The third-order valence-electron chi connectivity index (χ3n) is 6.33. The smallest absolute Gasteiger partial charge is 0.181 e. The first-order chi connectivity index (χ1) is 16.3. The number of nitrogens with zero attached hydrogens (tertiary/aromatic N) is 4. The molecule has 3 aromatic rings. The number of ketones is 1. The Hall–Kier alpha value is -3.08. The van der Waals surface area contributed by atoms with E-state index in [1.807, 2.05) is 29.2 Å². The summed E-state index contributed by atoms with van der Waals surface area (Å²) < 4.78 is 6.33. The van der Waals surface area contributed by atoms with Crippen molar-refractivity contribution in [2.75, 3.05) is 29.5 Å². The van der Waals surface area contributed by atoms with Crippen LogP contribution in [0.25, 0.3) is 0 Å². The SMILES string of the molecule is CC(=O)c1nc(Sc2ccnc(N)c2Cl)c(N)nc1N1CCC2(CC1)Oc1ccccc1[C@H]2N. The predicted octanol–water partition coefficient (Wildman–Crippen LogP) is 3.47. The van der Waals surface area contributed by atoms with E-state index in [2.05, 4.69) is 15.0 Å². The molecule has 0 bridgehead atoms. The van der Waals surface area contributed by atoms with E-state index >= 15 is 0 Å². The molecule has 2 aliphatic rings. The van der Waals surface area contributed by atoms with Gasteiger partial charge in [0, 0.05) is 49.5 Å². The van der Waals surface area contributed by atoms with Crippen molar-refractivity contribution in [1.29, 1.82) is 0 Å². The Bertz CT molecular complexity index is 1280. The fourth-order valence-corrected chi connectivity index (χ4v) is 5.53. The lowest BCUT2D eigenvalue weighted by Crippen LogP contribution is -2.52. The zero-order valence-electron chi connectivity index (χ0n) is 18.5. The molecule has 0 radical (unpaired) electrons. The van der Waals surface area contributed by atoms with E-state index in [4.69, 9.17) is 33.5 Å². The fraction of sp³-hybridized carbons (Fsp3) is 0.304. The molecule has 1 atom stereocenters. The van der Waals surface area contributed by atoms with Gasteiger partial charge in [0.2, 0.25) is 0 Å². The molecule has 5 rings (SSSR count). The number of halogens is 1. The Balaban J connectivity index is 1.40. The molecule has 0 aliphatic carbocycles. The van der Waals surface area contributed by atoms with Gasteiger partial charge in [-0.25, -0.2) is 15.0 Å². The Kier molecular flexibility index (Phi) is 5.75. The number of Topliss-reactive ketones (excluding diaryl/α,β-unsaturated/α-hetero) is 1. The first kappa shape index (κ1) is 22.7. The molecule has 0 unspecified atom stereocenters. The standard InChI is InChI=1S/C23H24ClN7O2S/c1-12(32)17-21(30-20(27)22(29-17)34-15-6-9-28-19(26)16(15)24)31-10-7-23(8-11-31)18(25)13-4-2-3-5-14(13)33-23/h2-6,9,18H,7-8,10-11,25H2,1H3,(H2,26,28)(H2,27,30)/t18-/m1/s1. The van der Waals surface area contributed by atoms with E-state index in [0.29, 0.717) is 46.7 Å². The van der Waals surface area contributed by atoms with Crippen LogP contribution < -0.4 is 26.8 Å². The van der Waals surface area contributed by atoms with E-state index in [1.54, 1.807) is 12.3 Å². The highest BCUT2D eigenvalue weighted by atomic mass is 35.5. The Morgan fingerprint density at radius 2 is 1.91 bits per heavy atom. The number of carbonyl (C=O) groups is 1. The van der Waals surface area contributed by atoms with Crippen LogP contribution in [0.15, 0.2) is 46.5 Å². The van der Waals surface area contributed by atoms with Gasteiger partial charge in [0.1, 0.15) is 27.9 Å². The summed E-state index contributed by atoms with van der Waals surface area (Å²) in [6, 6.07) is 9.39. The summed E-state index contributed by atoms with van der Waals surface area (Å²) in [6.07, 6.45) is 2.92. The second-order valence-corrected chi connectivity index (χ2v) is 9.83. The summed E-state index contributed by atoms with van der Waals surface area (Å²) in [5.74, 6) is 1.52. The van der Waals surface area contributed by atoms with Gasteiger partial charge in [-0.05, 0) is 12.1 Å². The average molecular weight is 498 g/mol. The Morgan fingerprint density at radius 3 is 2.62 bits per heavy atom. The minimum atomic E-state index is -0.469. The molecule has 2 aromatic heterocycles. The van der Waals surface area contributed by atoms with Gasteiger partial charge in [-0.2, -0.15) is 0 Å². The number of nitrogen functional groups attached to an aromatic ring is 2.